The molecule has 0 aliphatic carbocycles. The highest BCUT2D eigenvalue weighted by atomic mass is 32.2. The minimum absolute atomic E-state index is 0.142. The molecule has 1 unspecified atom stereocenters. The first-order valence-electron chi connectivity index (χ1n) is 8.31. The molecule has 7 heteroatoms. The zero-order chi connectivity index (χ0) is 16.4. The van der Waals surface area contributed by atoms with Gasteiger partial charge in [0.15, 0.2) is 0 Å². The summed E-state index contributed by atoms with van der Waals surface area (Å²) in [4.78, 5) is 14.7. The second kappa shape index (κ2) is 6.91. The first-order chi connectivity index (χ1) is 11.0. The SMILES string of the molecule is CC1CCN(C(=O)C2CCCN(S(=O)(=O)c3cccs3)C2)CC1. The highest BCUT2D eigenvalue weighted by Gasteiger charge is 2.36. The third-order valence-electron chi connectivity index (χ3n) is 4.92. The maximum absolute atomic E-state index is 12.7. The van der Waals surface area contributed by atoms with Crippen LogP contribution in [-0.2, 0) is 14.8 Å². The van der Waals surface area contributed by atoms with Crippen molar-refractivity contribution < 1.29 is 13.2 Å². The van der Waals surface area contributed by atoms with Gasteiger partial charge in [-0.3, -0.25) is 4.79 Å². The molecule has 0 bridgehead atoms. The summed E-state index contributed by atoms with van der Waals surface area (Å²) in [5.41, 5.74) is 0. The van der Waals surface area contributed by atoms with Crippen LogP contribution in [0.15, 0.2) is 21.7 Å². The molecule has 2 saturated heterocycles. The van der Waals surface area contributed by atoms with Crippen LogP contribution in [0.25, 0.3) is 0 Å². The van der Waals surface area contributed by atoms with Crippen molar-refractivity contribution in [3.8, 4) is 0 Å². The van der Waals surface area contributed by atoms with Gasteiger partial charge in [0.2, 0.25) is 5.91 Å². The third-order valence-corrected chi connectivity index (χ3v) is 8.16. The molecule has 1 amide bonds. The first kappa shape index (κ1) is 16.9. The lowest BCUT2D eigenvalue weighted by atomic mass is 9.94. The zero-order valence-electron chi connectivity index (χ0n) is 13.5. The molecular weight excluding hydrogens is 332 g/mol. The molecule has 5 nitrogen and oxygen atoms in total. The number of piperidine rings is 2. The molecule has 2 aliphatic heterocycles. The number of likely N-dealkylation sites (tertiary alicyclic amines) is 1. The fraction of sp³-hybridized carbons (Fsp3) is 0.688. The molecule has 1 aromatic rings. The summed E-state index contributed by atoms with van der Waals surface area (Å²) >= 11 is 1.24. The van der Waals surface area contributed by atoms with Gasteiger partial charge in [0.05, 0.1) is 5.92 Å². The average molecular weight is 357 g/mol. The maximum atomic E-state index is 12.7. The molecule has 1 atom stereocenters. The number of sulfonamides is 1. The van der Waals surface area contributed by atoms with Crippen LogP contribution < -0.4 is 0 Å². The van der Waals surface area contributed by atoms with Crippen molar-refractivity contribution in [2.75, 3.05) is 26.2 Å². The molecule has 128 valence electrons. The number of hydrogen-bond donors (Lipinski definition) is 0. The van der Waals surface area contributed by atoms with Gasteiger partial charge in [0.1, 0.15) is 4.21 Å². The van der Waals surface area contributed by atoms with Gasteiger partial charge in [-0.2, -0.15) is 4.31 Å². The van der Waals surface area contributed by atoms with Crippen LogP contribution in [0.4, 0.5) is 0 Å². The number of nitrogens with zero attached hydrogens (tertiary/aromatic N) is 2. The lowest BCUT2D eigenvalue weighted by molar-refractivity contribution is -0.138. The molecule has 1 aromatic heterocycles. The summed E-state index contributed by atoms with van der Waals surface area (Å²) in [5, 5.41) is 1.77. The van der Waals surface area contributed by atoms with Crippen LogP contribution in [0.1, 0.15) is 32.6 Å². The number of carbonyl (C=O) groups is 1. The third kappa shape index (κ3) is 3.61. The van der Waals surface area contributed by atoms with Gasteiger partial charge in [-0.25, -0.2) is 8.42 Å². The lowest BCUT2D eigenvalue weighted by Gasteiger charge is -2.36. The van der Waals surface area contributed by atoms with Crippen molar-refractivity contribution in [1.82, 2.24) is 9.21 Å². The van der Waals surface area contributed by atoms with E-state index in [1.54, 1.807) is 17.5 Å². The van der Waals surface area contributed by atoms with E-state index in [0.29, 0.717) is 23.2 Å². The summed E-state index contributed by atoms with van der Waals surface area (Å²) in [6.07, 6.45) is 3.65. The molecule has 0 radical (unpaired) electrons. The Morgan fingerprint density at radius 2 is 1.96 bits per heavy atom. The largest absolute Gasteiger partial charge is 0.342 e. The molecule has 2 aliphatic rings. The van der Waals surface area contributed by atoms with E-state index in [2.05, 4.69) is 6.92 Å². The van der Waals surface area contributed by atoms with Gasteiger partial charge in [0, 0.05) is 26.2 Å². The van der Waals surface area contributed by atoms with E-state index in [4.69, 9.17) is 0 Å². The smallest absolute Gasteiger partial charge is 0.252 e. The Morgan fingerprint density at radius 3 is 2.61 bits per heavy atom. The second-order valence-electron chi connectivity index (χ2n) is 6.64. The van der Waals surface area contributed by atoms with Crippen molar-refractivity contribution in [2.45, 2.75) is 36.8 Å². The molecule has 0 N–H and O–H groups in total. The van der Waals surface area contributed by atoms with Gasteiger partial charge in [-0.05, 0) is 43.0 Å². The Balaban J connectivity index is 1.67. The van der Waals surface area contributed by atoms with Crippen LogP contribution in [0.5, 0.6) is 0 Å². The van der Waals surface area contributed by atoms with E-state index in [1.165, 1.54) is 15.6 Å². The normalized spacial score (nSPS) is 24.7. The van der Waals surface area contributed by atoms with E-state index in [9.17, 15) is 13.2 Å². The summed E-state index contributed by atoms with van der Waals surface area (Å²) in [6.45, 7) is 4.69. The standard InChI is InChI=1S/C16H24N2O3S2/c1-13-6-9-17(10-7-13)16(19)14-4-2-8-18(12-14)23(20,21)15-5-3-11-22-15/h3,5,11,13-14H,2,4,6-10,12H2,1H3. The predicted octanol–water partition coefficient (Wildman–Crippen LogP) is 2.41. The van der Waals surface area contributed by atoms with Gasteiger partial charge in [-0.1, -0.05) is 13.0 Å². The van der Waals surface area contributed by atoms with Gasteiger partial charge in [0.25, 0.3) is 10.0 Å². The Hall–Kier alpha value is -0.920. The number of amides is 1. The topological polar surface area (TPSA) is 57.7 Å². The minimum Gasteiger partial charge on any atom is -0.342 e. The monoisotopic (exact) mass is 356 g/mol. The fourth-order valence-corrected chi connectivity index (χ4v) is 6.06. The molecule has 0 saturated carbocycles. The van der Waals surface area contributed by atoms with Crippen molar-refractivity contribution in [1.29, 1.82) is 0 Å². The van der Waals surface area contributed by atoms with Gasteiger partial charge < -0.3 is 4.90 Å². The number of hydrogen-bond acceptors (Lipinski definition) is 4. The second-order valence-corrected chi connectivity index (χ2v) is 9.75. The summed E-state index contributed by atoms with van der Waals surface area (Å²) in [7, 11) is -3.44. The molecule has 0 spiro atoms. The Labute approximate surface area is 142 Å². The van der Waals surface area contributed by atoms with Crippen LogP contribution in [0, 0.1) is 11.8 Å². The van der Waals surface area contributed by atoms with Crippen molar-refractivity contribution in [3.05, 3.63) is 17.5 Å². The number of carbonyl (C=O) groups excluding carboxylic acids is 1. The number of rotatable bonds is 3. The first-order valence-corrected chi connectivity index (χ1v) is 10.6. The zero-order valence-corrected chi connectivity index (χ0v) is 15.1. The molecule has 3 rings (SSSR count). The van der Waals surface area contributed by atoms with Crippen LogP contribution >= 0.6 is 11.3 Å². The Morgan fingerprint density at radius 1 is 1.22 bits per heavy atom. The molecular formula is C16H24N2O3S2. The van der Waals surface area contributed by atoms with Crippen LogP contribution in [0.3, 0.4) is 0 Å². The minimum atomic E-state index is -3.44. The van der Waals surface area contributed by atoms with Crippen molar-refractivity contribution >= 4 is 27.3 Å². The maximum Gasteiger partial charge on any atom is 0.252 e. The summed E-state index contributed by atoms with van der Waals surface area (Å²) in [6, 6.07) is 3.39. The Kier molecular flexibility index (Phi) is 5.08. The van der Waals surface area contributed by atoms with E-state index >= 15 is 0 Å². The predicted molar refractivity (Wildman–Crippen MR) is 90.8 cm³/mol. The van der Waals surface area contributed by atoms with E-state index in [1.807, 2.05) is 4.90 Å². The average Bonchev–Trinajstić information content (AvgIpc) is 3.10. The fourth-order valence-electron chi connectivity index (χ4n) is 3.39. The quantitative estimate of drug-likeness (QED) is 0.836. The molecule has 3 heterocycles. The van der Waals surface area contributed by atoms with Gasteiger partial charge in [-0.15, -0.1) is 11.3 Å². The van der Waals surface area contributed by atoms with Crippen molar-refractivity contribution in [2.24, 2.45) is 11.8 Å². The molecule has 23 heavy (non-hydrogen) atoms. The van der Waals surface area contributed by atoms with E-state index < -0.39 is 10.0 Å². The van der Waals surface area contributed by atoms with Crippen LogP contribution in [-0.4, -0.2) is 49.7 Å². The number of thiophene rings is 1. The highest BCUT2D eigenvalue weighted by Crippen LogP contribution is 2.28. The van der Waals surface area contributed by atoms with Crippen molar-refractivity contribution in [3.63, 3.8) is 0 Å². The molecule has 2 fully saturated rings. The summed E-state index contributed by atoms with van der Waals surface area (Å²) in [5.74, 6) is 0.635. The van der Waals surface area contributed by atoms with Crippen LogP contribution in [0.2, 0.25) is 0 Å². The van der Waals surface area contributed by atoms with E-state index in [-0.39, 0.29) is 11.8 Å². The molecule has 0 aromatic carbocycles. The van der Waals surface area contributed by atoms with Gasteiger partial charge >= 0.3 is 0 Å². The summed E-state index contributed by atoms with van der Waals surface area (Å²) < 4.78 is 27.2. The Bertz CT molecular complexity index is 634. The van der Waals surface area contributed by atoms with E-state index in [0.717, 1.165) is 38.8 Å². The lowest BCUT2D eigenvalue weighted by Crippen LogP contribution is -2.48. The highest BCUT2D eigenvalue weighted by molar-refractivity contribution is 7.91.